The summed E-state index contributed by atoms with van der Waals surface area (Å²) in [7, 11) is 0. The first-order valence-electron chi connectivity index (χ1n) is 11.2. The topological polar surface area (TPSA) is 67.5 Å². The number of aryl methyl sites for hydroxylation is 1. The zero-order chi connectivity index (χ0) is 20.7. The van der Waals surface area contributed by atoms with Crippen molar-refractivity contribution in [2.24, 2.45) is 11.8 Å². The number of ether oxygens (including phenoxy) is 2. The molecular formula is C24H31N3O3. The molecule has 6 nitrogen and oxygen atoms in total. The van der Waals surface area contributed by atoms with Gasteiger partial charge >= 0.3 is 0 Å². The predicted molar refractivity (Wildman–Crippen MR) is 113 cm³/mol. The fraction of sp³-hybridized carbons (Fsp3) is 0.583. The van der Waals surface area contributed by atoms with E-state index in [1.807, 2.05) is 24.5 Å². The second kappa shape index (κ2) is 7.73. The first-order valence-corrected chi connectivity index (χ1v) is 11.2. The number of fused-ring (bicyclic) bond motifs is 4. The summed E-state index contributed by atoms with van der Waals surface area (Å²) in [5.41, 5.74) is 2.06. The van der Waals surface area contributed by atoms with E-state index in [9.17, 15) is 4.79 Å². The number of amides is 1. The van der Waals surface area contributed by atoms with Gasteiger partial charge in [0.05, 0.1) is 18.4 Å². The lowest BCUT2D eigenvalue weighted by atomic mass is 9.70. The quantitative estimate of drug-likeness (QED) is 0.832. The molecule has 1 aromatic heterocycles. The van der Waals surface area contributed by atoms with Gasteiger partial charge in [-0.15, -0.1) is 0 Å². The van der Waals surface area contributed by atoms with Gasteiger partial charge in [-0.2, -0.15) is 5.10 Å². The van der Waals surface area contributed by atoms with E-state index in [-0.39, 0.29) is 23.7 Å². The summed E-state index contributed by atoms with van der Waals surface area (Å²) in [5, 5.41) is 6.80. The lowest BCUT2D eigenvalue weighted by molar-refractivity contribution is -0.188. The van der Waals surface area contributed by atoms with Gasteiger partial charge in [-0.3, -0.25) is 9.89 Å². The summed E-state index contributed by atoms with van der Waals surface area (Å²) in [6.07, 6.45) is 8.35. The molecule has 30 heavy (non-hydrogen) atoms. The molecule has 6 heteroatoms. The zero-order valence-electron chi connectivity index (χ0n) is 17.8. The minimum absolute atomic E-state index is 0.0865. The molecular weight excluding hydrogens is 378 g/mol. The Balaban J connectivity index is 1.23. The van der Waals surface area contributed by atoms with Crippen LogP contribution >= 0.6 is 0 Å². The number of aromatic nitrogens is 2. The highest BCUT2D eigenvalue weighted by Crippen LogP contribution is 2.52. The Bertz CT molecular complexity index is 895. The van der Waals surface area contributed by atoms with Crippen molar-refractivity contribution in [1.82, 2.24) is 15.1 Å². The Morgan fingerprint density at radius 1 is 1.33 bits per heavy atom. The molecule has 1 aromatic carbocycles. The lowest BCUT2D eigenvalue weighted by Gasteiger charge is -2.53. The molecule has 1 N–H and O–H groups in total. The molecule has 3 aliphatic rings. The number of rotatable bonds is 4. The Morgan fingerprint density at radius 3 is 3.03 bits per heavy atom. The fourth-order valence-corrected chi connectivity index (χ4v) is 5.50. The Morgan fingerprint density at radius 2 is 2.20 bits per heavy atom. The van der Waals surface area contributed by atoms with E-state index in [2.05, 4.69) is 41.1 Å². The number of carbonyl (C=O) groups is 1. The number of piperidine rings is 1. The van der Waals surface area contributed by atoms with Crippen LogP contribution in [0, 0.1) is 11.8 Å². The SMILES string of the molecule is CC1(C)Oc2ccccc2[C@@H]2O[C@@H]3CCN(C(=O)CCCc4cn[nH]c4)C[C@H]3C[C@H]21. The summed E-state index contributed by atoms with van der Waals surface area (Å²) < 4.78 is 13.0. The van der Waals surface area contributed by atoms with Gasteiger partial charge in [0.15, 0.2) is 0 Å². The third kappa shape index (κ3) is 3.62. The van der Waals surface area contributed by atoms with Gasteiger partial charge in [0.25, 0.3) is 0 Å². The van der Waals surface area contributed by atoms with Crippen molar-refractivity contribution in [3.8, 4) is 5.75 Å². The van der Waals surface area contributed by atoms with E-state index in [0.29, 0.717) is 18.3 Å². The van der Waals surface area contributed by atoms with E-state index in [4.69, 9.17) is 9.47 Å². The third-order valence-electron chi connectivity index (χ3n) is 7.16. The second-order valence-electron chi connectivity index (χ2n) is 9.53. The summed E-state index contributed by atoms with van der Waals surface area (Å²) in [5.74, 6) is 1.90. The van der Waals surface area contributed by atoms with Crippen molar-refractivity contribution in [3.63, 3.8) is 0 Å². The minimum Gasteiger partial charge on any atom is -0.487 e. The van der Waals surface area contributed by atoms with E-state index >= 15 is 0 Å². The van der Waals surface area contributed by atoms with Gasteiger partial charge in [-0.25, -0.2) is 0 Å². The number of nitrogens with zero attached hydrogens (tertiary/aromatic N) is 2. The third-order valence-corrected chi connectivity index (χ3v) is 7.16. The van der Waals surface area contributed by atoms with E-state index in [1.54, 1.807) is 0 Å². The maximum Gasteiger partial charge on any atom is 0.222 e. The molecule has 0 radical (unpaired) electrons. The first kappa shape index (κ1) is 19.6. The predicted octanol–water partition coefficient (Wildman–Crippen LogP) is 3.90. The van der Waals surface area contributed by atoms with Gasteiger partial charge in [-0.1, -0.05) is 18.2 Å². The van der Waals surface area contributed by atoms with Gasteiger partial charge in [0.1, 0.15) is 11.4 Å². The van der Waals surface area contributed by atoms with Gasteiger partial charge in [0.2, 0.25) is 5.91 Å². The van der Waals surface area contributed by atoms with Crippen molar-refractivity contribution in [1.29, 1.82) is 0 Å². The highest BCUT2D eigenvalue weighted by Gasteiger charge is 2.51. The number of carbonyl (C=O) groups excluding carboxylic acids is 1. The average molecular weight is 410 g/mol. The lowest BCUT2D eigenvalue weighted by Crippen LogP contribution is -2.55. The highest BCUT2D eigenvalue weighted by molar-refractivity contribution is 5.76. The monoisotopic (exact) mass is 409 g/mol. The maximum absolute atomic E-state index is 12.8. The van der Waals surface area contributed by atoms with Gasteiger partial charge in [-0.05, 0) is 51.2 Å². The number of benzene rings is 1. The number of likely N-dealkylation sites (tertiary alicyclic amines) is 1. The maximum atomic E-state index is 12.8. The van der Waals surface area contributed by atoms with Crippen LogP contribution in [0.4, 0.5) is 0 Å². The van der Waals surface area contributed by atoms with Crippen LogP contribution in [0.1, 0.15) is 56.8 Å². The molecule has 160 valence electrons. The molecule has 0 saturated carbocycles. The summed E-state index contributed by atoms with van der Waals surface area (Å²) in [6, 6.07) is 8.28. The molecule has 1 amide bonds. The van der Waals surface area contributed by atoms with Crippen LogP contribution in [0.3, 0.4) is 0 Å². The number of H-pyrrole nitrogens is 1. The highest BCUT2D eigenvalue weighted by atomic mass is 16.5. The van der Waals surface area contributed by atoms with E-state index < -0.39 is 0 Å². The number of hydrogen-bond acceptors (Lipinski definition) is 4. The van der Waals surface area contributed by atoms with Crippen molar-refractivity contribution >= 4 is 5.91 Å². The smallest absolute Gasteiger partial charge is 0.222 e. The average Bonchev–Trinajstić information content (AvgIpc) is 3.25. The van der Waals surface area contributed by atoms with Crippen molar-refractivity contribution in [2.45, 2.75) is 63.8 Å². The Hall–Kier alpha value is -2.34. The van der Waals surface area contributed by atoms with Crippen LogP contribution in [-0.2, 0) is 16.0 Å². The van der Waals surface area contributed by atoms with E-state index in [1.165, 1.54) is 5.56 Å². The summed E-state index contributed by atoms with van der Waals surface area (Å²) in [4.78, 5) is 14.9. The summed E-state index contributed by atoms with van der Waals surface area (Å²) >= 11 is 0. The zero-order valence-corrected chi connectivity index (χ0v) is 17.8. The Labute approximate surface area is 177 Å². The van der Waals surface area contributed by atoms with Gasteiger partial charge in [0, 0.05) is 43.1 Å². The van der Waals surface area contributed by atoms with Gasteiger partial charge < -0.3 is 14.4 Å². The standard InChI is InChI=1S/C24H31N3O3/c1-24(2)19-12-17-15-27(22(28)9-5-6-16-13-25-26-14-16)11-10-20(17)29-23(19)18-7-3-4-8-21(18)30-24/h3-4,7-8,13-14,17,19-20,23H,5-6,9-12,15H2,1-2H3,(H,25,26)/t17-,19-,20-,23+/m1/s1. The number of hydrogen-bond donors (Lipinski definition) is 1. The van der Waals surface area contributed by atoms with Crippen LogP contribution < -0.4 is 4.74 Å². The van der Waals surface area contributed by atoms with Crippen LogP contribution in [-0.4, -0.2) is 45.8 Å². The molecule has 2 aromatic rings. The molecule has 3 aliphatic heterocycles. The van der Waals surface area contributed by atoms with Crippen LogP contribution in [0.25, 0.3) is 0 Å². The van der Waals surface area contributed by atoms with Crippen LogP contribution in [0.5, 0.6) is 5.75 Å². The number of aromatic amines is 1. The molecule has 5 rings (SSSR count). The summed E-state index contributed by atoms with van der Waals surface area (Å²) in [6.45, 7) is 5.94. The minimum atomic E-state index is -0.277. The van der Waals surface area contributed by atoms with Crippen molar-refractivity contribution in [3.05, 3.63) is 47.8 Å². The molecule has 0 unspecified atom stereocenters. The largest absolute Gasteiger partial charge is 0.487 e. The fourth-order valence-electron chi connectivity index (χ4n) is 5.50. The number of nitrogens with one attached hydrogen (secondary N) is 1. The normalized spacial score (nSPS) is 29.3. The molecule has 4 heterocycles. The molecule has 4 atom stereocenters. The van der Waals surface area contributed by atoms with E-state index in [0.717, 1.165) is 50.1 Å². The van der Waals surface area contributed by atoms with Crippen molar-refractivity contribution < 1.29 is 14.3 Å². The number of para-hydroxylation sites is 1. The second-order valence-corrected chi connectivity index (χ2v) is 9.53. The van der Waals surface area contributed by atoms with Crippen molar-refractivity contribution in [2.75, 3.05) is 13.1 Å². The molecule has 0 spiro atoms. The Kier molecular flexibility index (Phi) is 5.05. The first-order chi connectivity index (χ1) is 14.5. The molecule has 0 aliphatic carbocycles. The molecule has 2 saturated heterocycles. The molecule has 2 fully saturated rings. The van der Waals surface area contributed by atoms with Crippen LogP contribution in [0.15, 0.2) is 36.7 Å². The van der Waals surface area contributed by atoms with Crippen LogP contribution in [0.2, 0.25) is 0 Å². The molecule has 0 bridgehead atoms.